The molecular formula is C20H21N3O4S. The van der Waals surface area contributed by atoms with E-state index < -0.39 is 10.0 Å². The first-order valence-electron chi connectivity index (χ1n) is 9.15. The van der Waals surface area contributed by atoms with Crippen LogP contribution in [0.4, 0.5) is 0 Å². The van der Waals surface area contributed by atoms with Gasteiger partial charge in [0.1, 0.15) is 5.75 Å². The molecule has 0 spiro atoms. The average Bonchev–Trinajstić information content (AvgIpc) is 3.39. The number of benzene rings is 2. The summed E-state index contributed by atoms with van der Waals surface area (Å²) >= 11 is 0. The molecule has 4 rings (SSSR count). The molecule has 1 saturated heterocycles. The van der Waals surface area contributed by atoms with Crippen molar-refractivity contribution in [1.82, 2.24) is 14.4 Å². The fourth-order valence-electron chi connectivity index (χ4n) is 3.13. The minimum Gasteiger partial charge on any atom is -0.484 e. The summed E-state index contributed by atoms with van der Waals surface area (Å²) < 4.78 is 37.6. The molecule has 1 fully saturated rings. The molecule has 0 unspecified atom stereocenters. The van der Waals surface area contributed by atoms with Crippen LogP contribution in [0.5, 0.6) is 5.75 Å². The van der Waals surface area contributed by atoms with Gasteiger partial charge in [-0.25, -0.2) is 8.42 Å². The fraction of sp³-hybridized carbons (Fsp3) is 0.300. The van der Waals surface area contributed by atoms with E-state index in [0.717, 1.165) is 24.2 Å². The van der Waals surface area contributed by atoms with Crippen molar-refractivity contribution in [3.63, 3.8) is 0 Å². The second kappa shape index (κ2) is 7.73. The fourth-order valence-corrected chi connectivity index (χ4v) is 4.65. The Morgan fingerprint density at radius 1 is 1.11 bits per heavy atom. The minimum absolute atomic E-state index is 0.165. The van der Waals surface area contributed by atoms with Crippen LogP contribution in [-0.2, 0) is 16.6 Å². The molecular weight excluding hydrogens is 378 g/mol. The third kappa shape index (κ3) is 3.93. The van der Waals surface area contributed by atoms with Crippen LogP contribution in [0.1, 0.15) is 24.3 Å². The molecule has 1 aliphatic heterocycles. The highest BCUT2D eigenvalue weighted by atomic mass is 32.2. The molecule has 0 saturated carbocycles. The van der Waals surface area contributed by atoms with Gasteiger partial charge < -0.3 is 9.26 Å². The van der Waals surface area contributed by atoms with Crippen molar-refractivity contribution in [2.75, 3.05) is 13.1 Å². The summed E-state index contributed by atoms with van der Waals surface area (Å²) in [5.74, 6) is 1.48. The highest BCUT2D eigenvalue weighted by Gasteiger charge is 2.27. The molecule has 146 valence electrons. The molecule has 2 heterocycles. The van der Waals surface area contributed by atoms with Gasteiger partial charge in [0.25, 0.3) is 5.89 Å². The SMILES string of the molecule is Cc1cccc(OCc2nc(-c3ccc(S(=O)(=O)N4CCCC4)cc3)no2)c1. The van der Waals surface area contributed by atoms with Gasteiger partial charge in [-0.1, -0.05) is 17.3 Å². The number of aromatic nitrogens is 2. The van der Waals surface area contributed by atoms with Gasteiger partial charge in [0.2, 0.25) is 15.8 Å². The van der Waals surface area contributed by atoms with Crippen molar-refractivity contribution >= 4 is 10.0 Å². The van der Waals surface area contributed by atoms with Gasteiger partial charge in [-0.2, -0.15) is 9.29 Å². The van der Waals surface area contributed by atoms with Crippen LogP contribution < -0.4 is 4.74 Å². The number of ether oxygens (including phenoxy) is 1. The molecule has 3 aromatic rings. The Kier molecular flexibility index (Phi) is 5.15. The maximum Gasteiger partial charge on any atom is 0.264 e. The first-order valence-corrected chi connectivity index (χ1v) is 10.6. The summed E-state index contributed by atoms with van der Waals surface area (Å²) in [7, 11) is -3.43. The quantitative estimate of drug-likeness (QED) is 0.631. The van der Waals surface area contributed by atoms with Crippen molar-refractivity contribution in [1.29, 1.82) is 0 Å². The summed E-state index contributed by atoms with van der Waals surface area (Å²) in [6.45, 7) is 3.32. The number of aryl methyl sites for hydroxylation is 1. The zero-order valence-electron chi connectivity index (χ0n) is 15.5. The summed E-state index contributed by atoms with van der Waals surface area (Å²) in [4.78, 5) is 4.61. The lowest BCUT2D eigenvalue weighted by Gasteiger charge is -2.15. The van der Waals surface area contributed by atoms with E-state index in [1.807, 2.05) is 31.2 Å². The van der Waals surface area contributed by atoms with Gasteiger partial charge >= 0.3 is 0 Å². The maximum atomic E-state index is 12.6. The number of nitrogens with zero attached hydrogens (tertiary/aromatic N) is 3. The summed E-state index contributed by atoms with van der Waals surface area (Å²) in [5.41, 5.74) is 1.79. The minimum atomic E-state index is -3.43. The van der Waals surface area contributed by atoms with Crippen LogP contribution in [0, 0.1) is 6.92 Å². The molecule has 0 radical (unpaired) electrons. The highest BCUT2D eigenvalue weighted by Crippen LogP contribution is 2.24. The predicted molar refractivity (Wildman–Crippen MR) is 103 cm³/mol. The van der Waals surface area contributed by atoms with E-state index >= 15 is 0 Å². The number of sulfonamides is 1. The topological polar surface area (TPSA) is 85.5 Å². The molecule has 0 atom stereocenters. The molecule has 1 aromatic heterocycles. The molecule has 0 bridgehead atoms. The lowest BCUT2D eigenvalue weighted by molar-refractivity contribution is 0.243. The van der Waals surface area contributed by atoms with Gasteiger partial charge in [-0.05, 0) is 61.7 Å². The van der Waals surface area contributed by atoms with Crippen LogP contribution in [0.15, 0.2) is 57.9 Å². The van der Waals surface area contributed by atoms with E-state index in [1.165, 1.54) is 4.31 Å². The summed E-state index contributed by atoms with van der Waals surface area (Å²) in [5, 5.41) is 3.96. The van der Waals surface area contributed by atoms with E-state index in [-0.39, 0.29) is 11.5 Å². The van der Waals surface area contributed by atoms with Crippen LogP contribution in [0.2, 0.25) is 0 Å². The Morgan fingerprint density at radius 2 is 1.86 bits per heavy atom. The number of rotatable bonds is 6. The largest absolute Gasteiger partial charge is 0.484 e. The van der Waals surface area contributed by atoms with Crippen LogP contribution >= 0.6 is 0 Å². The highest BCUT2D eigenvalue weighted by molar-refractivity contribution is 7.89. The summed E-state index contributed by atoms with van der Waals surface area (Å²) in [6, 6.07) is 14.3. The van der Waals surface area contributed by atoms with Gasteiger partial charge in [0.15, 0.2) is 6.61 Å². The van der Waals surface area contributed by atoms with E-state index in [0.29, 0.717) is 30.4 Å². The molecule has 1 aliphatic rings. The first-order chi connectivity index (χ1) is 13.5. The molecule has 2 aromatic carbocycles. The van der Waals surface area contributed by atoms with Crippen LogP contribution in [0.3, 0.4) is 0 Å². The Bertz CT molecular complexity index is 1060. The van der Waals surface area contributed by atoms with Crippen LogP contribution in [0.25, 0.3) is 11.4 Å². The zero-order valence-corrected chi connectivity index (χ0v) is 16.4. The summed E-state index contributed by atoms with van der Waals surface area (Å²) in [6.07, 6.45) is 1.82. The van der Waals surface area contributed by atoms with Crippen molar-refractivity contribution < 1.29 is 17.7 Å². The van der Waals surface area contributed by atoms with E-state index in [1.54, 1.807) is 24.3 Å². The lowest BCUT2D eigenvalue weighted by Crippen LogP contribution is -2.27. The van der Waals surface area contributed by atoms with Crippen molar-refractivity contribution in [2.24, 2.45) is 0 Å². The average molecular weight is 399 g/mol. The van der Waals surface area contributed by atoms with Gasteiger partial charge in [-0.15, -0.1) is 0 Å². The Labute approximate surface area is 164 Å². The van der Waals surface area contributed by atoms with Crippen molar-refractivity contribution in [2.45, 2.75) is 31.3 Å². The Hall–Kier alpha value is -2.71. The number of hydrogen-bond donors (Lipinski definition) is 0. The normalized spacial score (nSPS) is 15.0. The van der Waals surface area contributed by atoms with E-state index in [9.17, 15) is 8.42 Å². The monoisotopic (exact) mass is 399 g/mol. The van der Waals surface area contributed by atoms with Crippen LogP contribution in [-0.4, -0.2) is 36.0 Å². The number of hydrogen-bond acceptors (Lipinski definition) is 6. The van der Waals surface area contributed by atoms with Gasteiger partial charge in [0, 0.05) is 18.7 Å². The smallest absolute Gasteiger partial charge is 0.264 e. The first kappa shape index (κ1) is 18.6. The lowest BCUT2D eigenvalue weighted by atomic mass is 10.2. The zero-order chi connectivity index (χ0) is 19.6. The molecule has 0 amide bonds. The molecule has 28 heavy (non-hydrogen) atoms. The standard InChI is InChI=1S/C20H21N3O4S/c1-15-5-4-6-17(13-15)26-14-19-21-20(22-27-19)16-7-9-18(10-8-16)28(24,25)23-11-2-3-12-23/h4-10,13H,2-3,11-12,14H2,1H3. The third-order valence-corrected chi connectivity index (χ3v) is 6.55. The van der Waals surface area contributed by atoms with Gasteiger partial charge in [-0.3, -0.25) is 0 Å². The molecule has 7 nitrogen and oxygen atoms in total. The molecule has 0 N–H and O–H groups in total. The van der Waals surface area contributed by atoms with E-state index in [2.05, 4.69) is 10.1 Å². The Balaban J connectivity index is 1.45. The predicted octanol–water partition coefficient (Wildman–Crippen LogP) is 3.41. The van der Waals surface area contributed by atoms with Crippen molar-refractivity contribution in [3.05, 3.63) is 60.0 Å². The van der Waals surface area contributed by atoms with Crippen molar-refractivity contribution in [3.8, 4) is 17.1 Å². The molecule has 0 aliphatic carbocycles. The Morgan fingerprint density at radius 3 is 2.57 bits per heavy atom. The van der Waals surface area contributed by atoms with Gasteiger partial charge in [0.05, 0.1) is 4.90 Å². The van der Waals surface area contributed by atoms with E-state index in [4.69, 9.17) is 9.26 Å². The maximum absolute atomic E-state index is 12.6. The second-order valence-electron chi connectivity index (χ2n) is 6.75. The molecule has 8 heteroatoms. The third-order valence-electron chi connectivity index (χ3n) is 4.64. The second-order valence-corrected chi connectivity index (χ2v) is 8.69.